The van der Waals surface area contributed by atoms with Crippen LogP contribution in [0, 0.1) is 0 Å². The van der Waals surface area contributed by atoms with Crippen LogP contribution in [-0.2, 0) is 4.74 Å². The van der Waals surface area contributed by atoms with Gasteiger partial charge in [0.15, 0.2) is 0 Å². The number of methoxy groups -OCH3 is 1. The Bertz CT molecular complexity index is 176. The lowest BCUT2D eigenvalue weighted by molar-refractivity contribution is -0.0101. The lowest BCUT2D eigenvalue weighted by Gasteiger charge is -2.44. The molecule has 0 aromatic heterocycles. The summed E-state index contributed by atoms with van der Waals surface area (Å²) in [5.74, 6) is 0. The van der Waals surface area contributed by atoms with E-state index < -0.39 is 0 Å². The number of nitrogens with two attached hydrogens (primary N) is 1. The normalized spacial score (nSPS) is 41.5. The number of piperazine rings is 1. The summed E-state index contributed by atoms with van der Waals surface area (Å²) in [6, 6.07) is 0.686. The molecule has 2 aliphatic heterocycles. The van der Waals surface area contributed by atoms with Crippen LogP contribution in [-0.4, -0.2) is 50.0 Å². The van der Waals surface area contributed by atoms with Gasteiger partial charge in [0.05, 0.1) is 12.3 Å². The molecular weight excluding hydrogens is 166 g/mol. The Morgan fingerprint density at radius 3 is 3.00 bits per heavy atom. The maximum absolute atomic E-state index is 5.84. The molecule has 4 heteroatoms. The molecule has 0 aromatic rings. The van der Waals surface area contributed by atoms with E-state index in [-0.39, 0.29) is 6.17 Å². The number of hydrogen-bond donors (Lipinski definition) is 2. The Kier molecular flexibility index (Phi) is 2.83. The van der Waals surface area contributed by atoms with Gasteiger partial charge in [0, 0.05) is 32.8 Å². The molecule has 2 heterocycles. The summed E-state index contributed by atoms with van der Waals surface area (Å²) in [6.07, 6.45) is 2.99. The predicted octanol–water partition coefficient (Wildman–Crippen LogP) is -0.646. The van der Waals surface area contributed by atoms with Gasteiger partial charge in [0.1, 0.15) is 0 Å². The van der Waals surface area contributed by atoms with Gasteiger partial charge in [-0.15, -0.1) is 0 Å². The minimum atomic E-state index is 0.145. The van der Waals surface area contributed by atoms with E-state index in [9.17, 15) is 0 Å². The van der Waals surface area contributed by atoms with Crippen molar-refractivity contribution in [2.75, 3.05) is 26.7 Å². The van der Waals surface area contributed by atoms with Crippen LogP contribution in [0.3, 0.4) is 0 Å². The molecule has 3 atom stereocenters. The first-order chi connectivity index (χ1) is 6.29. The lowest BCUT2D eigenvalue weighted by Crippen LogP contribution is -2.62. The van der Waals surface area contributed by atoms with Gasteiger partial charge in [-0.05, 0) is 12.8 Å². The molecule has 3 N–H and O–H groups in total. The summed E-state index contributed by atoms with van der Waals surface area (Å²) < 4.78 is 5.37. The molecule has 2 fully saturated rings. The third-order valence-electron chi connectivity index (χ3n) is 3.16. The fourth-order valence-corrected chi connectivity index (χ4v) is 2.31. The van der Waals surface area contributed by atoms with Crippen LogP contribution in [0.15, 0.2) is 0 Å². The molecule has 3 unspecified atom stereocenters. The Labute approximate surface area is 79.4 Å². The Balaban J connectivity index is 1.91. The molecule has 13 heavy (non-hydrogen) atoms. The van der Waals surface area contributed by atoms with Crippen LogP contribution < -0.4 is 11.1 Å². The van der Waals surface area contributed by atoms with Crippen molar-refractivity contribution < 1.29 is 4.74 Å². The van der Waals surface area contributed by atoms with E-state index in [1.807, 2.05) is 0 Å². The number of piperidine rings is 1. The molecule has 0 radical (unpaired) electrons. The molecule has 0 aliphatic carbocycles. The Hall–Kier alpha value is -0.160. The van der Waals surface area contributed by atoms with Crippen LogP contribution in [0.25, 0.3) is 0 Å². The van der Waals surface area contributed by atoms with Gasteiger partial charge >= 0.3 is 0 Å². The molecule has 2 saturated heterocycles. The second kappa shape index (κ2) is 3.92. The van der Waals surface area contributed by atoms with Gasteiger partial charge < -0.3 is 10.5 Å². The second-order valence-electron chi connectivity index (χ2n) is 4.06. The summed E-state index contributed by atoms with van der Waals surface area (Å²) >= 11 is 0. The highest BCUT2D eigenvalue weighted by Crippen LogP contribution is 2.20. The first-order valence-corrected chi connectivity index (χ1v) is 5.05. The van der Waals surface area contributed by atoms with Crippen molar-refractivity contribution >= 4 is 0 Å². The van der Waals surface area contributed by atoms with Gasteiger partial charge in [-0.2, -0.15) is 0 Å². The number of nitrogens with one attached hydrogen (secondary N) is 1. The average Bonchev–Trinajstić information content (AvgIpc) is 2.16. The number of ether oxygens (including phenoxy) is 1. The van der Waals surface area contributed by atoms with Crippen molar-refractivity contribution in [2.45, 2.75) is 31.2 Å². The highest BCUT2D eigenvalue weighted by Gasteiger charge is 2.31. The molecular formula is C9H19N3O. The molecule has 0 saturated carbocycles. The standard InChI is InChI=1S/C9H19N3O/c1-13-8-3-2-7-4-11-9(10)6-12(7)5-8/h7-9,11H,2-6,10H2,1H3. The van der Waals surface area contributed by atoms with E-state index in [0.29, 0.717) is 12.1 Å². The fourth-order valence-electron chi connectivity index (χ4n) is 2.31. The van der Waals surface area contributed by atoms with Crippen molar-refractivity contribution in [3.8, 4) is 0 Å². The summed E-state index contributed by atoms with van der Waals surface area (Å²) in [7, 11) is 1.80. The Morgan fingerprint density at radius 1 is 1.38 bits per heavy atom. The summed E-state index contributed by atoms with van der Waals surface area (Å²) in [6.45, 7) is 3.05. The third kappa shape index (κ3) is 2.02. The largest absolute Gasteiger partial charge is 0.380 e. The first-order valence-electron chi connectivity index (χ1n) is 5.05. The molecule has 4 nitrogen and oxygen atoms in total. The van der Waals surface area contributed by atoms with Gasteiger partial charge in [0.25, 0.3) is 0 Å². The van der Waals surface area contributed by atoms with Crippen LogP contribution in [0.4, 0.5) is 0 Å². The van der Waals surface area contributed by atoms with E-state index in [2.05, 4.69) is 10.2 Å². The van der Waals surface area contributed by atoms with E-state index in [1.54, 1.807) is 7.11 Å². The number of fused-ring (bicyclic) bond motifs is 1. The average molecular weight is 185 g/mol. The van der Waals surface area contributed by atoms with E-state index >= 15 is 0 Å². The smallest absolute Gasteiger partial charge is 0.0698 e. The molecule has 0 amide bonds. The molecule has 0 aromatic carbocycles. The summed E-state index contributed by atoms with van der Waals surface area (Å²) in [5.41, 5.74) is 5.84. The lowest BCUT2D eigenvalue weighted by atomic mass is 9.98. The number of hydrogen-bond acceptors (Lipinski definition) is 4. The maximum Gasteiger partial charge on any atom is 0.0698 e. The zero-order valence-corrected chi connectivity index (χ0v) is 8.20. The zero-order valence-electron chi connectivity index (χ0n) is 8.20. The molecule has 2 rings (SSSR count). The predicted molar refractivity (Wildman–Crippen MR) is 51.4 cm³/mol. The topological polar surface area (TPSA) is 50.5 Å². The molecule has 2 aliphatic rings. The highest BCUT2D eigenvalue weighted by atomic mass is 16.5. The monoisotopic (exact) mass is 185 g/mol. The molecule has 0 spiro atoms. The van der Waals surface area contributed by atoms with Crippen LogP contribution in [0.5, 0.6) is 0 Å². The second-order valence-corrected chi connectivity index (χ2v) is 4.06. The van der Waals surface area contributed by atoms with Gasteiger partial charge in [-0.25, -0.2) is 0 Å². The SMILES string of the molecule is COC1CCC2CNC(N)CN2C1. The van der Waals surface area contributed by atoms with Crippen LogP contribution >= 0.6 is 0 Å². The van der Waals surface area contributed by atoms with E-state index in [1.165, 1.54) is 12.8 Å². The third-order valence-corrected chi connectivity index (χ3v) is 3.16. The van der Waals surface area contributed by atoms with Crippen molar-refractivity contribution in [1.29, 1.82) is 0 Å². The van der Waals surface area contributed by atoms with E-state index in [0.717, 1.165) is 19.6 Å². The molecule has 76 valence electrons. The van der Waals surface area contributed by atoms with Crippen molar-refractivity contribution in [3.05, 3.63) is 0 Å². The van der Waals surface area contributed by atoms with Gasteiger partial charge in [0.2, 0.25) is 0 Å². The highest BCUT2D eigenvalue weighted by molar-refractivity contribution is 4.89. The van der Waals surface area contributed by atoms with Crippen LogP contribution in [0.2, 0.25) is 0 Å². The summed E-state index contributed by atoms with van der Waals surface area (Å²) in [4.78, 5) is 2.46. The van der Waals surface area contributed by atoms with Gasteiger partial charge in [-0.3, -0.25) is 10.2 Å². The van der Waals surface area contributed by atoms with Crippen LogP contribution in [0.1, 0.15) is 12.8 Å². The van der Waals surface area contributed by atoms with E-state index in [4.69, 9.17) is 10.5 Å². The fraction of sp³-hybridized carbons (Fsp3) is 1.00. The summed E-state index contributed by atoms with van der Waals surface area (Å²) in [5, 5.41) is 3.31. The zero-order chi connectivity index (χ0) is 9.26. The number of rotatable bonds is 1. The van der Waals surface area contributed by atoms with Gasteiger partial charge in [-0.1, -0.05) is 0 Å². The maximum atomic E-state index is 5.84. The molecule has 0 bridgehead atoms. The van der Waals surface area contributed by atoms with Crippen molar-refractivity contribution in [2.24, 2.45) is 5.73 Å². The number of nitrogens with zero attached hydrogens (tertiary/aromatic N) is 1. The van der Waals surface area contributed by atoms with Crippen molar-refractivity contribution in [3.63, 3.8) is 0 Å². The minimum Gasteiger partial charge on any atom is -0.380 e. The minimum absolute atomic E-state index is 0.145. The first kappa shape index (κ1) is 9.40. The Morgan fingerprint density at radius 2 is 2.23 bits per heavy atom. The quantitative estimate of drug-likeness (QED) is 0.570. The van der Waals surface area contributed by atoms with Crippen molar-refractivity contribution in [1.82, 2.24) is 10.2 Å².